The van der Waals surface area contributed by atoms with Gasteiger partial charge in [0.05, 0.1) is 12.7 Å². The fourth-order valence-electron chi connectivity index (χ4n) is 4.15. The van der Waals surface area contributed by atoms with Gasteiger partial charge in [-0.1, -0.05) is 0 Å². The van der Waals surface area contributed by atoms with Gasteiger partial charge in [0.25, 0.3) is 5.91 Å². The molecule has 3 aliphatic rings. The van der Waals surface area contributed by atoms with Crippen molar-refractivity contribution in [3.63, 3.8) is 0 Å². The Balaban J connectivity index is 1.60. The Morgan fingerprint density at radius 2 is 1.95 bits per heavy atom. The number of hydrogen-bond acceptors (Lipinski definition) is 3. The number of amides is 1. The molecule has 2 aliphatic carbocycles. The van der Waals surface area contributed by atoms with Gasteiger partial charge in [-0.05, 0) is 67.2 Å². The molecule has 0 radical (unpaired) electrons. The topological polar surface area (TPSA) is 55.6 Å². The van der Waals surface area contributed by atoms with Crippen LogP contribution in [0.2, 0.25) is 0 Å². The van der Waals surface area contributed by atoms with Crippen molar-refractivity contribution in [3.05, 3.63) is 28.8 Å². The minimum absolute atomic E-state index is 0.0881. The molecule has 1 aliphatic heterocycles. The largest absolute Gasteiger partial charge is 0.496 e. The second-order valence-electron chi connectivity index (χ2n) is 7.05. The maximum absolute atomic E-state index is 13.0. The van der Waals surface area contributed by atoms with Crippen LogP contribution in [-0.4, -0.2) is 37.0 Å². The number of fused-ring (bicyclic) bond motifs is 1. The van der Waals surface area contributed by atoms with Gasteiger partial charge >= 0.3 is 0 Å². The van der Waals surface area contributed by atoms with Crippen LogP contribution in [0.5, 0.6) is 5.75 Å². The number of carbonyl (C=O) groups excluding carboxylic acids is 1. The molecule has 1 amide bonds. The van der Waals surface area contributed by atoms with Gasteiger partial charge in [0.15, 0.2) is 0 Å². The zero-order chi connectivity index (χ0) is 15.3. The SMILES string of the molecule is COc1cc2c(cc1C(=O)N1CC(N)C(C3CC3)C1)CCC2. The van der Waals surface area contributed by atoms with E-state index >= 15 is 0 Å². The van der Waals surface area contributed by atoms with Gasteiger partial charge in [0.2, 0.25) is 0 Å². The molecule has 4 rings (SSSR count). The first-order valence-corrected chi connectivity index (χ1v) is 8.42. The van der Waals surface area contributed by atoms with Crippen LogP contribution in [0.3, 0.4) is 0 Å². The summed E-state index contributed by atoms with van der Waals surface area (Å²) in [6, 6.07) is 4.25. The number of rotatable bonds is 3. The Labute approximate surface area is 131 Å². The molecule has 0 aromatic heterocycles. The van der Waals surface area contributed by atoms with Crippen LogP contribution < -0.4 is 10.5 Å². The summed E-state index contributed by atoms with van der Waals surface area (Å²) in [5, 5.41) is 0. The predicted molar refractivity (Wildman–Crippen MR) is 85.1 cm³/mol. The number of benzene rings is 1. The molecular weight excluding hydrogens is 276 g/mol. The fraction of sp³-hybridized carbons (Fsp3) is 0.611. The standard InChI is InChI=1S/C18H24N2O2/c1-22-17-8-13-4-2-3-12(13)7-14(17)18(21)20-9-15(11-5-6-11)16(19)10-20/h7-8,11,15-16H,2-6,9-10,19H2,1H3. The third kappa shape index (κ3) is 2.30. The van der Waals surface area contributed by atoms with Crippen molar-refractivity contribution in [2.75, 3.05) is 20.2 Å². The molecule has 0 bridgehead atoms. The Morgan fingerprint density at radius 1 is 1.23 bits per heavy atom. The monoisotopic (exact) mass is 300 g/mol. The number of nitrogens with zero attached hydrogens (tertiary/aromatic N) is 1. The molecule has 1 aromatic carbocycles. The molecule has 2 fully saturated rings. The second kappa shape index (κ2) is 5.27. The first-order chi connectivity index (χ1) is 10.7. The molecule has 1 saturated carbocycles. The van der Waals surface area contributed by atoms with Crippen LogP contribution >= 0.6 is 0 Å². The van der Waals surface area contributed by atoms with Crippen LogP contribution in [0.15, 0.2) is 12.1 Å². The molecule has 22 heavy (non-hydrogen) atoms. The number of ether oxygens (including phenoxy) is 1. The van der Waals surface area contributed by atoms with E-state index in [1.54, 1.807) is 7.11 Å². The van der Waals surface area contributed by atoms with Gasteiger partial charge in [-0.2, -0.15) is 0 Å². The number of likely N-dealkylation sites (tertiary alicyclic amines) is 1. The summed E-state index contributed by atoms with van der Waals surface area (Å²) < 4.78 is 5.49. The predicted octanol–water partition coefficient (Wildman–Crippen LogP) is 1.99. The molecule has 4 nitrogen and oxygen atoms in total. The van der Waals surface area contributed by atoms with E-state index in [0.29, 0.717) is 23.8 Å². The van der Waals surface area contributed by atoms with Crippen molar-refractivity contribution in [2.45, 2.75) is 38.1 Å². The highest BCUT2D eigenvalue weighted by atomic mass is 16.5. The maximum Gasteiger partial charge on any atom is 0.257 e. The molecule has 118 valence electrons. The summed E-state index contributed by atoms with van der Waals surface area (Å²) in [6.07, 6.45) is 5.90. The minimum atomic E-state index is 0.0881. The summed E-state index contributed by atoms with van der Waals surface area (Å²) in [5.74, 6) is 2.04. The minimum Gasteiger partial charge on any atom is -0.496 e. The number of nitrogens with two attached hydrogens (primary N) is 1. The molecule has 1 saturated heterocycles. The van der Waals surface area contributed by atoms with Crippen molar-refractivity contribution in [1.82, 2.24) is 4.90 Å². The van der Waals surface area contributed by atoms with Crippen molar-refractivity contribution >= 4 is 5.91 Å². The number of hydrogen-bond donors (Lipinski definition) is 1. The normalized spacial score (nSPS) is 27.1. The number of methoxy groups -OCH3 is 1. The fourth-order valence-corrected chi connectivity index (χ4v) is 4.15. The Bertz CT molecular complexity index is 609. The Morgan fingerprint density at radius 3 is 2.64 bits per heavy atom. The zero-order valence-electron chi connectivity index (χ0n) is 13.2. The van der Waals surface area contributed by atoms with Gasteiger partial charge in [-0.3, -0.25) is 4.79 Å². The summed E-state index contributed by atoms with van der Waals surface area (Å²) in [4.78, 5) is 14.9. The zero-order valence-corrected chi connectivity index (χ0v) is 13.2. The first kappa shape index (κ1) is 14.1. The maximum atomic E-state index is 13.0. The van der Waals surface area contributed by atoms with E-state index in [1.165, 1.54) is 30.4 Å². The van der Waals surface area contributed by atoms with E-state index in [1.807, 2.05) is 4.90 Å². The van der Waals surface area contributed by atoms with E-state index in [4.69, 9.17) is 10.5 Å². The highest BCUT2D eigenvalue weighted by molar-refractivity contribution is 5.97. The van der Waals surface area contributed by atoms with E-state index < -0.39 is 0 Å². The quantitative estimate of drug-likeness (QED) is 0.929. The lowest BCUT2D eigenvalue weighted by molar-refractivity contribution is 0.0781. The van der Waals surface area contributed by atoms with Gasteiger partial charge < -0.3 is 15.4 Å². The molecule has 4 heteroatoms. The lowest BCUT2D eigenvalue weighted by Gasteiger charge is -2.19. The molecule has 1 heterocycles. The highest BCUT2D eigenvalue weighted by Crippen LogP contribution is 2.41. The van der Waals surface area contributed by atoms with Crippen LogP contribution in [0, 0.1) is 11.8 Å². The average Bonchev–Trinajstić information content (AvgIpc) is 3.13. The molecule has 0 spiro atoms. The van der Waals surface area contributed by atoms with Gasteiger partial charge in [0, 0.05) is 19.1 Å². The average molecular weight is 300 g/mol. The lowest BCUT2D eigenvalue weighted by atomic mass is 9.99. The van der Waals surface area contributed by atoms with Crippen molar-refractivity contribution in [3.8, 4) is 5.75 Å². The molecule has 2 atom stereocenters. The number of aryl methyl sites for hydroxylation is 2. The van der Waals surface area contributed by atoms with E-state index in [9.17, 15) is 4.79 Å². The van der Waals surface area contributed by atoms with Crippen molar-refractivity contribution in [1.29, 1.82) is 0 Å². The van der Waals surface area contributed by atoms with Crippen molar-refractivity contribution in [2.24, 2.45) is 17.6 Å². The summed E-state index contributed by atoms with van der Waals surface area (Å²) in [7, 11) is 1.65. The van der Waals surface area contributed by atoms with Crippen molar-refractivity contribution < 1.29 is 9.53 Å². The van der Waals surface area contributed by atoms with Gasteiger partial charge in [-0.25, -0.2) is 0 Å². The summed E-state index contributed by atoms with van der Waals surface area (Å²) in [6.45, 7) is 1.49. The van der Waals surface area contributed by atoms with Gasteiger partial charge in [0.1, 0.15) is 5.75 Å². The van der Waals surface area contributed by atoms with Crippen LogP contribution in [-0.2, 0) is 12.8 Å². The summed E-state index contributed by atoms with van der Waals surface area (Å²) >= 11 is 0. The van der Waals surface area contributed by atoms with E-state index in [2.05, 4.69) is 12.1 Å². The smallest absolute Gasteiger partial charge is 0.257 e. The Kier molecular flexibility index (Phi) is 3.37. The molecule has 2 N–H and O–H groups in total. The second-order valence-corrected chi connectivity index (χ2v) is 7.05. The number of carbonyl (C=O) groups is 1. The third-order valence-electron chi connectivity index (χ3n) is 5.57. The molecular formula is C18H24N2O2. The van der Waals surface area contributed by atoms with Gasteiger partial charge in [-0.15, -0.1) is 0 Å². The summed E-state index contributed by atoms with van der Waals surface area (Å²) in [5.41, 5.74) is 9.62. The first-order valence-electron chi connectivity index (χ1n) is 8.42. The van der Waals surface area contributed by atoms with E-state index in [0.717, 1.165) is 25.3 Å². The Hall–Kier alpha value is -1.55. The third-order valence-corrected chi connectivity index (χ3v) is 5.57. The molecule has 2 unspecified atom stereocenters. The lowest BCUT2D eigenvalue weighted by Crippen LogP contribution is -2.32. The van der Waals surface area contributed by atoms with Crippen LogP contribution in [0.25, 0.3) is 0 Å². The van der Waals surface area contributed by atoms with Crippen LogP contribution in [0.1, 0.15) is 40.7 Å². The molecule has 1 aromatic rings. The van der Waals surface area contributed by atoms with E-state index in [-0.39, 0.29) is 11.9 Å². The highest BCUT2D eigenvalue weighted by Gasteiger charge is 2.42. The van der Waals surface area contributed by atoms with Crippen LogP contribution in [0.4, 0.5) is 0 Å².